The van der Waals surface area contributed by atoms with E-state index in [2.05, 4.69) is 5.32 Å². The van der Waals surface area contributed by atoms with Crippen LogP contribution in [0, 0.1) is 0 Å². The van der Waals surface area contributed by atoms with Gasteiger partial charge in [0, 0.05) is 25.5 Å². The van der Waals surface area contributed by atoms with Crippen molar-refractivity contribution in [3.05, 3.63) is 70.3 Å². The normalized spacial score (nSPS) is 28.0. The van der Waals surface area contributed by atoms with Gasteiger partial charge in [-0.1, -0.05) is 44.2 Å². The van der Waals surface area contributed by atoms with Gasteiger partial charge in [-0.2, -0.15) is 0 Å². The fourth-order valence-corrected chi connectivity index (χ4v) is 6.29. The van der Waals surface area contributed by atoms with Crippen LogP contribution < -0.4 is 11.1 Å². The van der Waals surface area contributed by atoms with Crippen LogP contribution in [0.15, 0.2) is 47.5 Å². The van der Waals surface area contributed by atoms with Gasteiger partial charge in [0.25, 0.3) is 5.91 Å². The number of nitrogens with one attached hydrogen (secondary N) is 1. The Labute approximate surface area is 217 Å². The van der Waals surface area contributed by atoms with E-state index in [1.54, 1.807) is 25.0 Å². The molecule has 1 aliphatic heterocycles. The molecule has 1 heterocycles. The summed E-state index contributed by atoms with van der Waals surface area (Å²) < 4.78 is 5.73. The quantitative estimate of drug-likeness (QED) is 0.555. The average Bonchev–Trinajstić information content (AvgIpc) is 3.36. The summed E-state index contributed by atoms with van der Waals surface area (Å²) in [7, 11) is 1.64. The highest BCUT2D eigenvalue weighted by atomic mass is 16.5. The van der Waals surface area contributed by atoms with Gasteiger partial charge < -0.3 is 20.9 Å². The second kappa shape index (κ2) is 9.26. The van der Waals surface area contributed by atoms with Crippen molar-refractivity contribution in [1.82, 2.24) is 10.2 Å². The van der Waals surface area contributed by atoms with E-state index in [0.29, 0.717) is 24.8 Å². The average molecular weight is 505 g/mol. The van der Waals surface area contributed by atoms with Crippen LogP contribution in [0.2, 0.25) is 0 Å². The number of hydrogen-bond donors (Lipinski definition) is 3. The van der Waals surface area contributed by atoms with E-state index in [0.717, 1.165) is 35.1 Å². The van der Waals surface area contributed by atoms with E-state index in [9.17, 15) is 14.7 Å². The maximum Gasteiger partial charge on any atom is 0.251 e. The SMILES string of the molecule is CCC1(CC)CC(=O)N([C@@H]2CC(OC)c3ccc(C(=O)NC4c5ccccc5C[C@@]4(C)O)cc32)C(N)=N1. The lowest BCUT2D eigenvalue weighted by Crippen LogP contribution is -2.52. The molecule has 37 heavy (non-hydrogen) atoms. The zero-order valence-electron chi connectivity index (χ0n) is 22.0. The number of fused-ring (bicyclic) bond motifs is 2. The van der Waals surface area contributed by atoms with Crippen LogP contribution in [0.1, 0.15) is 97.3 Å². The summed E-state index contributed by atoms with van der Waals surface area (Å²) in [6.45, 7) is 5.80. The molecule has 2 amide bonds. The number of aliphatic hydroxyl groups is 1. The second-order valence-corrected chi connectivity index (χ2v) is 10.8. The summed E-state index contributed by atoms with van der Waals surface area (Å²) >= 11 is 0. The number of ether oxygens (including phenoxy) is 1. The van der Waals surface area contributed by atoms with Crippen molar-refractivity contribution in [2.75, 3.05) is 7.11 Å². The number of amides is 2. The Morgan fingerprint density at radius 2 is 1.89 bits per heavy atom. The maximum atomic E-state index is 13.4. The van der Waals surface area contributed by atoms with E-state index in [1.165, 1.54) is 0 Å². The molecule has 2 aromatic rings. The summed E-state index contributed by atoms with van der Waals surface area (Å²) in [4.78, 5) is 33.2. The Hall–Kier alpha value is -3.23. The first kappa shape index (κ1) is 25.4. The predicted molar refractivity (Wildman–Crippen MR) is 141 cm³/mol. The largest absolute Gasteiger partial charge is 0.387 e. The molecule has 8 heteroatoms. The molecule has 0 bridgehead atoms. The van der Waals surface area contributed by atoms with Gasteiger partial charge >= 0.3 is 0 Å². The highest BCUT2D eigenvalue weighted by Gasteiger charge is 2.45. The molecular formula is C29H36N4O4. The molecule has 2 aliphatic carbocycles. The monoisotopic (exact) mass is 504 g/mol. The van der Waals surface area contributed by atoms with Crippen LogP contribution in [0.4, 0.5) is 0 Å². The number of rotatable bonds is 6. The Kier molecular flexibility index (Phi) is 6.36. The van der Waals surface area contributed by atoms with Gasteiger partial charge in [0.05, 0.1) is 35.7 Å². The zero-order valence-corrected chi connectivity index (χ0v) is 22.0. The molecule has 3 aliphatic rings. The number of hydrogen-bond acceptors (Lipinski definition) is 6. The van der Waals surface area contributed by atoms with Crippen LogP contribution >= 0.6 is 0 Å². The van der Waals surface area contributed by atoms with Crippen LogP contribution in [-0.2, 0) is 16.0 Å². The van der Waals surface area contributed by atoms with Gasteiger partial charge in [0.15, 0.2) is 5.96 Å². The smallest absolute Gasteiger partial charge is 0.251 e. The molecule has 4 N–H and O–H groups in total. The number of nitrogens with two attached hydrogens (primary N) is 1. The van der Waals surface area contributed by atoms with Crippen molar-refractivity contribution in [2.24, 2.45) is 10.7 Å². The molecule has 0 aromatic heterocycles. The lowest BCUT2D eigenvalue weighted by molar-refractivity contribution is -0.131. The molecule has 0 fully saturated rings. The van der Waals surface area contributed by atoms with Crippen LogP contribution in [0.25, 0.3) is 0 Å². The van der Waals surface area contributed by atoms with Crippen LogP contribution in [0.3, 0.4) is 0 Å². The number of carbonyl (C=O) groups is 2. The number of benzene rings is 2. The maximum absolute atomic E-state index is 13.4. The van der Waals surface area contributed by atoms with E-state index < -0.39 is 17.2 Å². The summed E-state index contributed by atoms with van der Waals surface area (Å²) in [6.07, 6.45) is 2.58. The highest BCUT2D eigenvalue weighted by molar-refractivity contribution is 6.00. The Bertz CT molecular complexity index is 1270. The minimum Gasteiger partial charge on any atom is -0.387 e. The Morgan fingerprint density at radius 1 is 1.16 bits per heavy atom. The molecule has 5 rings (SSSR count). The van der Waals surface area contributed by atoms with Gasteiger partial charge in [0.1, 0.15) is 0 Å². The molecule has 2 aromatic carbocycles. The Balaban J connectivity index is 1.46. The first-order chi connectivity index (χ1) is 17.6. The van der Waals surface area contributed by atoms with Gasteiger partial charge in [-0.15, -0.1) is 0 Å². The van der Waals surface area contributed by atoms with E-state index in [-0.39, 0.29) is 29.9 Å². The fraction of sp³-hybridized carbons (Fsp3) is 0.483. The van der Waals surface area contributed by atoms with Crippen molar-refractivity contribution in [2.45, 2.75) is 82.2 Å². The fourth-order valence-electron chi connectivity index (χ4n) is 6.29. The number of nitrogens with zero attached hydrogens (tertiary/aromatic N) is 2. The third-order valence-corrected chi connectivity index (χ3v) is 8.56. The van der Waals surface area contributed by atoms with Crippen molar-refractivity contribution in [1.29, 1.82) is 0 Å². The standard InChI is InChI=1S/C29H36N4O4/c1-5-29(6-2)16-24(34)33(27(30)32-29)22-14-23(37-4)20-12-11-17(13-21(20)22)26(35)31-25-19-10-8-7-9-18(19)15-28(25,3)36/h7-13,22-23,25,36H,5-6,14-16H2,1-4H3,(H2,30,32)(H,31,35)/t22-,23?,25?,28-/m1/s1. The molecule has 0 spiro atoms. The highest BCUT2D eigenvalue weighted by Crippen LogP contribution is 2.46. The number of methoxy groups -OCH3 is 1. The first-order valence-corrected chi connectivity index (χ1v) is 13.1. The molecule has 0 saturated carbocycles. The summed E-state index contributed by atoms with van der Waals surface area (Å²) in [5.74, 6) is -0.120. The number of aliphatic imine (C=N–C) groups is 1. The molecule has 2 unspecified atom stereocenters. The van der Waals surface area contributed by atoms with Crippen molar-refractivity contribution >= 4 is 17.8 Å². The minimum absolute atomic E-state index is 0.0580. The molecular weight excluding hydrogens is 468 g/mol. The van der Waals surface area contributed by atoms with Crippen molar-refractivity contribution in [3.63, 3.8) is 0 Å². The number of guanidine groups is 1. The Morgan fingerprint density at radius 3 is 2.57 bits per heavy atom. The van der Waals surface area contributed by atoms with Gasteiger partial charge in [-0.25, -0.2) is 4.99 Å². The van der Waals surface area contributed by atoms with Gasteiger partial charge in [-0.3, -0.25) is 14.5 Å². The van der Waals surface area contributed by atoms with E-state index >= 15 is 0 Å². The van der Waals surface area contributed by atoms with Crippen LogP contribution in [0.5, 0.6) is 0 Å². The summed E-state index contributed by atoms with van der Waals surface area (Å²) in [5.41, 5.74) is 9.05. The topological polar surface area (TPSA) is 117 Å². The lowest BCUT2D eigenvalue weighted by Gasteiger charge is -2.39. The number of carbonyl (C=O) groups excluding carboxylic acids is 2. The van der Waals surface area contributed by atoms with E-state index in [1.807, 2.05) is 50.2 Å². The summed E-state index contributed by atoms with van der Waals surface area (Å²) in [6, 6.07) is 12.4. The molecule has 0 radical (unpaired) electrons. The molecule has 196 valence electrons. The third-order valence-electron chi connectivity index (χ3n) is 8.56. The zero-order chi connectivity index (χ0) is 26.5. The van der Waals surface area contributed by atoms with Crippen molar-refractivity contribution in [3.8, 4) is 0 Å². The lowest BCUT2D eigenvalue weighted by atomic mass is 9.87. The van der Waals surface area contributed by atoms with Gasteiger partial charge in [0.2, 0.25) is 5.91 Å². The minimum atomic E-state index is -1.09. The first-order valence-electron chi connectivity index (χ1n) is 13.1. The van der Waals surface area contributed by atoms with Crippen molar-refractivity contribution < 1.29 is 19.4 Å². The van der Waals surface area contributed by atoms with Crippen LogP contribution in [-0.4, -0.2) is 46.0 Å². The molecule has 0 saturated heterocycles. The third kappa shape index (κ3) is 4.22. The molecule has 8 nitrogen and oxygen atoms in total. The second-order valence-electron chi connectivity index (χ2n) is 10.8. The molecule has 4 atom stereocenters. The predicted octanol–water partition coefficient (Wildman–Crippen LogP) is 3.70. The van der Waals surface area contributed by atoms with E-state index in [4.69, 9.17) is 15.5 Å². The summed E-state index contributed by atoms with van der Waals surface area (Å²) in [5, 5.41) is 14.1. The van der Waals surface area contributed by atoms with Gasteiger partial charge in [-0.05, 0) is 54.2 Å².